The summed E-state index contributed by atoms with van der Waals surface area (Å²) in [5.74, 6) is -0.141. The topological polar surface area (TPSA) is 17.8 Å². The zero-order valence-corrected chi connectivity index (χ0v) is 13.7. The molecule has 2 rings (SSSR count). The van der Waals surface area contributed by atoms with Crippen LogP contribution in [-0.4, -0.2) is 9.55 Å². The van der Waals surface area contributed by atoms with Crippen LogP contribution < -0.4 is 0 Å². The number of benzene rings is 1. The van der Waals surface area contributed by atoms with Crippen molar-refractivity contribution in [1.82, 2.24) is 9.55 Å². The van der Waals surface area contributed by atoms with E-state index >= 15 is 0 Å². The van der Waals surface area contributed by atoms with Crippen LogP contribution in [0.4, 0.5) is 8.78 Å². The zero-order chi connectivity index (χ0) is 16.4. The molecule has 0 bridgehead atoms. The molecule has 4 heteroatoms. The normalized spacial score (nSPS) is 12.0. The number of imidazole rings is 1. The SMILES string of the molecule is CC(C)c1nc(C=Cc2ccc(F)c(F)c2)n(C)c1C(C)C. The Bertz CT molecular complexity index is 697. The second-order valence-electron chi connectivity index (χ2n) is 6.12. The maximum absolute atomic E-state index is 13.2. The van der Waals surface area contributed by atoms with Crippen LogP contribution >= 0.6 is 0 Å². The van der Waals surface area contributed by atoms with Crippen molar-refractivity contribution in [2.75, 3.05) is 0 Å². The first-order valence-corrected chi connectivity index (χ1v) is 7.51. The summed E-state index contributed by atoms with van der Waals surface area (Å²) in [6, 6.07) is 3.86. The van der Waals surface area contributed by atoms with Crippen LogP contribution in [0, 0.1) is 11.6 Å². The Balaban J connectivity index is 2.39. The quantitative estimate of drug-likeness (QED) is 0.767. The highest BCUT2D eigenvalue weighted by molar-refractivity contribution is 5.67. The molecule has 0 atom stereocenters. The summed E-state index contributed by atoms with van der Waals surface area (Å²) in [4.78, 5) is 4.69. The fraction of sp³-hybridized carbons (Fsp3) is 0.389. The highest BCUT2D eigenvalue weighted by Gasteiger charge is 2.18. The molecule has 0 saturated heterocycles. The minimum Gasteiger partial charge on any atom is -0.331 e. The molecule has 1 aromatic carbocycles. The van der Waals surface area contributed by atoms with Crippen molar-refractivity contribution < 1.29 is 8.78 Å². The largest absolute Gasteiger partial charge is 0.331 e. The molecular weight excluding hydrogens is 282 g/mol. The van der Waals surface area contributed by atoms with Crippen molar-refractivity contribution in [1.29, 1.82) is 0 Å². The van der Waals surface area contributed by atoms with Crippen molar-refractivity contribution in [2.24, 2.45) is 7.05 Å². The van der Waals surface area contributed by atoms with Gasteiger partial charge < -0.3 is 4.57 Å². The predicted octanol–water partition coefficient (Wildman–Crippen LogP) is 5.12. The molecule has 0 fully saturated rings. The van der Waals surface area contributed by atoms with Crippen molar-refractivity contribution in [3.63, 3.8) is 0 Å². The smallest absolute Gasteiger partial charge is 0.159 e. The Kier molecular flexibility index (Phi) is 4.79. The number of hydrogen-bond donors (Lipinski definition) is 0. The number of halogens is 2. The summed E-state index contributed by atoms with van der Waals surface area (Å²) in [6.07, 6.45) is 3.59. The molecule has 0 N–H and O–H groups in total. The van der Waals surface area contributed by atoms with Crippen LogP contribution in [-0.2, 0) is 7.05 Å². The molecule has 0 aliphatic carbocycles. The van der Waals surface area contributed by atoms with Gasteiger partial charge in [0.25, 0.3) is 0 Å². The highest BCUT2D eigenvalue weighted by Crippen LogP contribution is 2.27. The molecule has 0 aliphatic rings. The van der Waals surface area contributed by atoms with Crippen LogP contribution in [0.5, 0.6) is 0 Å². The van der Waals surface area contributed by atoms with Gasteiger partial charge in [-0.25, -0.2) is 13.8 Å². The molecular formula is C18H22F2N2. The maximum Gasteiger partial charge on any atom is 0.159 e. The number of nitrogens with zero attached hydrogens (tertiary/aromatic N) is 2. The van der Waals surface area contributed by atoms with E-state index in [1.54, 1.807) is 12.1 Å². The van der Waals surface area contributed by atoms with Crippen LogP contribution in [0.3, 0.4) is 0 Å². The Morgan fingerprint density at radius 2 is 1.68 bits per heavy atom. The Hall–Kier alpha value is -1.97. The van der Waals surface area contributed by atoms with E-state index in [2.05, 4.69) is 32.3 Å². The third kappa shape index (κ3) is 3.26. The summed E-state index contributed by atoms with van der Waals surface area (Å²) in [6.45, 7) is 8.53. The lowest BCUT2D eigenvalue weighted by molar-refractivity contribution is 0.508. The van der Waals surface area contributed by atoms with Crippen LogP contribution in [0.2, 0.25) is 0 Å². The van der Waals surface area contributed by atoms with Gasteiger partial charge in [-0.3, -0.25) is 0 Å². The Labute approximate surface area is 130 Å². The first-order chi connectivity index (χ1) is 10.3. The Morgan fingerprint density at radius 1 is 1.00 bits per heavy atom. The van der Waals surface area contributed by atoms with E-state index < -0.39 is 11.6 Å². The average molecular weight is 304 g/mol. The summed E-state index contributed by atoms with van der Waals surface area (Å²) in [7, 11) is 1.99. The Morgan fingerprint density at radius 3 is 2.18 bits per heavy atom. The van der Waals surface area contributed by atoms with Crippen LogP contribution in [0.25, 0.3) is 12.2 Å². The molecule has 1 aromatic heterocycles. The van der Waals surface area contributed by atoms with Gasteiger partial charge in [0.15, 0.2) is 11.6 Å². The third-order valence-electron chi connectivity index (χ3n) is 3.66. The zero-order valence-electron chi connectivity index (χ0n) is 13.7. The molecule has 0 amide bonds. The summed E-state index contributed by atoms with van der Waals surface area (Å²) in [5, 5.41) is 0. The first kappa shape index (κ1) is 16.4. The van der Waals surface area contributed by atoms with E-state index in [1.807, 2.05) is 13.1 Å². The molecule has 118 valence electrons. The molecule has 0 unspecified atom stereocenters. The molecule has 0 spiro atoms. The van der Waals surface area contributed by atoms with E-state index in [-0.39, 0.29) is 0 Å². The fourth-order valence-electron chi connectivity index (χ4n) is 2.59. The van der Waals surface area contributed by atoms with Gasteiger partial charge in [-0.2, -0.15) is 0 Å². The van der Waals surface area contributed by atoms with Gasteiger partial charge in [-0.05, 0) is 35.6 Å². The maximum atomic E-state index is 13.2. The van der Waals surface area contributed by atoms with Crippen molar-refractivity contribution in [3.05, 3.63) is 52.6 Å². The standard InChI is InChI=1S/C18H22F2N2/c1-11(2)17-18(12(3)4)22(5)16(21-17)9-7-13-6-8-14(19)15(20)10-13/h6-12H,1-5H3. The van der Waals surface area contributed by atoms with E-state index in [0.717, 1.165) is 17.6 Å². The third-order valence-corrected chi connectivity index (χ3v) is 3.66. The minimum absolute atomic E-state index is 0.342. The van der Waals surface area contributed by atoms with Crippen LogP contribution in [0.1, 0.15) is 62.3 Å². The van der Waals surface area contributed by atoms with Gasteiger partial charge in [-0.15, -0.1) is 0 Å². The van der Waals surface area contributed by atoms with E-state index in [0.29, 0.717) is 17.4 Å². The monoisotopic (exact) mass is 304 g/mol. The van der Waals surface area contributed by atoms with Crippen molar-refractivity contribution in [2.45, 2.75) is 39.5 Å². The van der Waals surface area contributed by atoms with E-state index in [9.17, 15) is 8.78 Å². The van der Waals surface area contributed by atoms with Gasteiger partial charge in [0.05, 0.1) is 5.69 Å². The summed E-state index contributed by atoms with van der Waals surface area (Å²) in [5.41, 5.74) is 2.90. The lowest BCUT2D eigenvalue weighted by Crippen LogP contribution is -2.03. The number of aromatic nitrogens is 2. The molecule has 1 heterocycles. The second kappa shape index (κ2) is 6.42. The van der Waals surface area contributed by atoms with Crippen molar-refractivity contribution >= 4 is 12.2 Å². The van der Waals surface area contributed by atoms with Gasteiger partial charge >= 0.3 is 0 Å². The second-order valence-corrected chi connectivity index (χ2v) is 6.12. The van der Waals surface area contributed by atoms with Gasteiger partial charge in [0.1, 0.15) is 5.82 Å². The summed E-state index contributed by atoms with van der Waals surface area (Å²) >= 11 is 0. The number of hydrogen-bond acceptors (Lipinski definition) is 1. The van der Waals surface area contributed by atoms with E-state index in [4.69, 9.17) is 4.98 Å². The predicted molar refractivity (Wildman–Crippen MR) is 86.7 cm³/mol. The van der Waals surface area contributed by atoms with Crippen LogP contribution in [0.15, 0.2) is 18.2 Å². The van der Waals surface area contributed by atoms with Crippen molar-refractivity contribution in [3.8, 4) is 0 Å². The minimum atomic E-state index is -0.840. The average Bonchev–Trinajstić information content (AvgIpc) is 2.77. The summed E-state index contributed by atoms with van der Waals surface area (Å²) < 4.78 is 28.2. The molecule has 0 aliphatic heterocycles. The van der Waals surface area contributed by atoms with Gasteiger partial charge in [0.2, 0.25) is 0 Å². The van der Waals surface area contributed by atoms with E-state index in [1.165, 1.54) is 11.8 Å². The highest BCUT2D eigenvalue weighted by atomic mass is 19.2. The van der Waals surface area contributed by atoms with Gasteiger partial charge in [-0.1, -0.05) is 39.8 Å². The number of rotatable bonds is 4. The fourth-order valence-corrected chi connectivity index (χ4v) is 2.59. The lowest BCUT2D eigenvalue weighted by atomic mass is 10.0. The molecule has 0 saturated carbocycles. The lowest BCUT2D eigenvalue weighted by Gasteiger charge is -2.11. The molecule has 2 nitrogen and oxygen atoms in total. The molecule has 22 heavy (non-hydrogen) atoms. The molecule has 2 aromatic rings. The first-order valence-electron chi connectivity index (χ1n) is 7.51. The molecule has 0 radical (unpaired) electrons. The van der Waals surface area contributed by atoms with Gasteiger partial charge in [0, 0.05) is 12.7 Å².